The summed E-state index contributed by atoms with van der Waals surface area (Å²) < 4.78 is 5.17. The van der Waals surface area contributed by atoms with E-state index in [9.17, 15) is 4.79 Å². The number of nitrogens with one attached hydrogen (secondary N) is 2. The average molecular weight is 335 g/mol. The van der Waals surface area contributed by atoms with E-state index in [4.69, 9.17) is 16.3 Å². The number of aromatic nitrogens is 2. The van der Waals surface area contributed by atoms with Gasteiger partial charge in [0, 0.05) is 12.6 Å². The summed E-state index contributed by atoms with van der Waals surface area (Å²) in [6.07, 6.45) is 0.909. The van der Waals surface area contributed by atoms with Gasteiger partial charge in [0.1, 0.15) is 23.9 Å². The Labute approximate surface area is 140 Å². The van der Waals surface area contributed by atoms with Crippen LogP contribution in [0.1, 0.15) is 19.4 Å². The highest BCUT2D eigenvalue weighted by Gasteiger charge is 2.19. The Morgan fingerprint density at radius 1 is 1.26 bits per heavy atom. The molecule has 1 aromatic heterocycles. The molecule has 0 radical (unpaired) electrons. The van der Waals surface area contributed by atoms with Gasteiger partial charge in [0.25, 0.3) is 0 Å². The van der Waals surface area contributed by atoms with Crippen molar-refractivity contribution in [2.24, 2.45) is 0 Å². The van der Waals surface area contributed by atoms with Gasteiger partial charge in [-0.2, -0.15) is 0 Å². The fourth-order valence-corrected chi connectivity index (χ4v) is 2.01. The summed E-state index contributed by atoms with van der Waals surface area (Å²) in [5.41, 5.74) is 0.513. The van der Waals surface area contributed by atoms with Crippen molar-refractivity contribution in [2.45, 2.75) is 26.0 Å². The van der Waals surface area contributed by atoms with Crippen LogP contribution in [0.4, 0.5) is 10.6 Å². The smallest absolute Gasteiger partial charge is 0.407 e. The molecule has 7 heteroatoms. The van der Waals surface area contributed by atoms with E-state index >= 15 is 0 Å². The molecule has 6 nitrogen and oxygen atoms in total. The number of hydrogen-bond donors (Lipinski definition) is 2. The molecular weight excluding hydrogens is 316 g/mol. The largest absolute Gasteiger partial charge is 0.445 e. The van der Waals surface area contributed by atoms with Crippen LogP contribution in [0.15, 0.2) is 42.7 Å². The summed E-state index contributed by atoms with van der Waals surface area (Å²) in [6, 6.07) is 11.1. The van der Waals surface area contributed by atoms with Gasteiger partial charge in [-0.1, -0.05) is 41.9 Å². The first-order valence-electron chi connectivity index (χ1n) is 7.15. The minimum absolute atomic E-state index is 0.238. The number of carbonyl (C=O) groups is 1. The Balaban J connectivity index is 1.78. The minimum atomic E-state index is -0.468. The molecule has 122 valence electrons. The number of carbonyl (C=O) groups excluding carboxylic acids is 1. The number of anilines is 1. The van der Waals surface area contributed by atoms with Crippen molar-refractivity contribution in [3.63, 3.8) is 0 Å². The Morgan fingerprint density at radius 3 is 2.70 bits per heavy atom. The van der Waals surface area contributed by atoms with Crippen LogP contribution >= 0.6 is 11.6 Å². The molecule has 0 bridgehead atoms. The third kappa shape index (κ3) is 6.12. The summed E-state index contributed by atoms with van der Waals surface area (Å²) in [7, 11) is 0. The standard InChI is InChI=1S/C16H19ClN4O2/c1-16(2,21-14-8-13(17)19-11-20-14)10-18-15(22)23-9-12-6-4-3-5-7-12/h3-8,11H,9-10H2,1-2H3,(H,18,22)(H,19,20,21). The molecule has 0 spiro atoms. The van der Waals surface area contributed by atoms with Crippen molar-refractivity contribution in [1.82, 2.24) is 15.3 Å². The molecule has 2 aromatic rings. The van der Waals surface area contributed by atoms with Crippen molar-refractivity contribution >= 4 is 23.5 Å². The Hall–Kier alpha value is -2.34. The Kier molecular flexibility index (Phi) is 5.76. The molecule has 0 saturated carbocycles. The summed E-state index contributed by atoms with van der Waals surface area (Å²) >= 11 is 5.82. The van der Waals surface area contributed by atoms with Gasteiger partial charge in [0.2, 0.25) is 0 Å². The summed E-state index contributed by atoms with van der Waals surface area (Å²) in [5.74, 6) is 0.592. The third-order valence-electron chi connectivity index (χ3n) is 2.99. The predicted molar refractivity (Wildman–Crippen MR) is 89.4 cm³/mol. The quantitative estimate of drug-likeness (QED) is 0.793. The van der Waals surface area contributed by atoms with Gasteiger partial charge >= 0.3 is 6.09 Å². The van der Waals surface area contributed by atoms with Crippen molar-refractivity contribution < 1.29 is 9.53 Å². The molecule has 23 heavy (non-hydrogen) atoms. The first-order valence-corrected chi connectivity index (χ1v) is 7.53. The molecule has 2 N–H and O–H groups in total. The predicted octanol–water partition coefficient (Wildman–Crippen LogP) is 3.25. The van der Waals surface area contributed by atoms with Gasteiger partial charge < -0.3 is 15.4 Å². The maximum atomic E-state index is 11.8. The molecule has 0 aliphatic rings. The number of halogens is 1. The lowest BCUT2D eigenvalue weighted by Gasteiger charge is -2.27. The van der Waals surface area contributed by atoms with Crippen LogP contribution in [-0.4, -0.2) is 28.1 Å². The van der Waals surface area contributed by atoms with Gasteiger partial charge in [-0.15, -0.1) is 0 Å². The fourth-order valence-electron chi connectivity index (χ4n) is 1.86. The Morgan fingerprint density at radius 2 is 2.00 bits per heavy atom. The van der Waals surface area contributed by atoms with Crippen LogP contribution in [0.5, 0.6) is 0 Å². The lowest BCUT2D eigenvalue weighted by atomic mass is 10.1. The Bertz CT molecular complexity index is 650. The molecule has 0 aliphatic heterocycles. The van der Waals surface area contributed by atoms with Crippen molar-refractivity contribution in [3.8, 4) is 0 Å². The number of rotatable bonds is 6. The number of benzene rings is 1. The molecule has 0 fully saturated rings. The maximum absolute atomic E-state index is 11.8. The second kappa shape index (κ2) is 7.78. The molecular formula is C16H19ClN4O2. The number of amides is 1. The molecule has 0 aliphatic carbocycles. The van der Waals surface area contributed by atoms with Crippen LogP contribution in [-0.2, 0) is 11.3 Å². The van der Waals surface area contributed by atoms with Gasteiger partial charge in [-0.25, -0.2) is 14.8 Å². The van der Waals surface area contributed by atoms with Crippen LogP contribution in [0, 0.1) is 0 Å². The van der Waals surface area contributed by atoms with Crippen LogP contribution in [0.3, 0.4) is 0 Å². The summed E-state index contributed by atoms with van der Waals surface area (Å²) in [5, 5.41) is 6.27. The average Bonchev–Trinajstić information content (AvgIpc) is 2.52. The highest BCUT2D eigenvalue weighted by atomic mass is 35.5. The minimum Gasteiger partial charge on any atom is -0.445 e. The van der Waals surface area contributed by atoms with Crippen molar-refractivity contribution in [1.29, 1.82) is 0 Å². The van der Waals surface area contributed by atoms with E-state index in [1.54, 1.807) is 6.07 Å². The van der Waals surface area contributed by atoms with Crippen molar-refractivity contribution in [3.05, 3.63) is 53.4 Å². The van der Waals surface area contributed by atoms with Crippen molar-refractivity contribution in [2.75, 3.05) is 11.9 Å². The van der Waals surface area contributed by atoms with E-state index in [-0.39, 0.29) is 6.61 Å². The zero-order valence-electron chi connectivity index (χ0n) is 13.0. The van der Waals surface area contributed by atoms with Gasteiger partial charge in [0.05, 0.1) is 5.54 Å². The summed E-state index contributed by atoms with van der Waals surface area (Å²) in [6.45, 7) is 4.46. The second-order valence-electron chi connectivity index (χ2n) is 5.65. The zero-order valence-corrected chi connectivity index (χ0v) is 13.8. The van der Waals surface area contributed by atoms with E-state index in [2.05, 4.69) is 20.6 Å². The second-order valence-corrected chi connectivity index (χ2v) is 6.04. The van der Waals surface area contributed by atoms with Crippen LogP contribution in [0.25, 0.3) is 0 Å². The number of hydrogen-bond acceptors (Lipinski definition) is 5. The first kappa shape index (κ1) is 17.0. The molecule has 1 aromatic carbocycles. The lowest BCUT2D eigenvalue weighted by Crippen LogP contribution is -2.44. The number of ether oxygens (including phenoxy) is 1. The van der Waals surface area contributed by atoms with Gasteiger partial charge in [-0.3, -0.25) is 0 Å². The summed E-state index contributed by atoms with van der Waals surface area (Å²) in [4.78, 5) is 19.7. The highest BCUT2D eigenvalue weighted by molar-refractivity contribution is 6.29. The topological polar surface area (TPSA) is 76.1 Å². The van der Waals surface area contributed by atoms with E-state index in [1.807, 2.05) is 44.2 Å². The molecule has 0 unspecified atom stereocenters. The molecule has 1 heterocycles. The first-order chi connectivity index (χ1) is 10.9. The normalized spacial score (nSPS) is 10.9. The van der Waals surface area contributed by atoms with E-state index < -0.39 is 11.6 Å². The molecule has 2 rings (SSSR count). The number of nitrogens with zero attached hydrogens (tertiary/aromatic N) is 2. The van der Waals surface area contributed by atoms with E-state index in [0.717, 1.165) is 5.56 Å². The zero-order chi connectivity index (χ0) is 16.7. The van der Waals surface area contributed by atoms with Gasteiger partial charge in [0.15, 0.2) is 0 Å². The van der Waals surface area contributed by atoms with Crippen LogP contribution < -0.4 is 10.6 Å². The lowest BCUT2D eigenvalue weighted by molar-refractivity contribution is 0.138. The SMILES string of the molecule is CC(C)(CNC(=O)OCc1ccccc1)Nc1cc(Cl)ncn1. The van der Waals surface area contributed by atoms with E-state index in [0.29, 0.717) is 17.5 Å². The molecule has 0 atom stereocenters. The monoisotopic (exact) mass is 334 g/mol. The van der Waals surface area contributed by atoms with Crippen LogP contribution in [0.2, 0.25) is 5.15 Å². The third-order valence-corrected chi connectivity index (χ3v) is 3.19. The fraction of sp³-hybridized carbons (Fsp3) is 0.312. The molecule has 0 saturated heterocycles. The highest BCUT2D eigenvalue weighted by Crippen LogP contribution is 2.14. The van der Waals surface area contributed by atoms with E-state index in [1.165, 1.54) is 6.33 Å². The molecule has 1 amide bonds. The maximum Gasteiger partial charge on any atom is 0.407 e. The number of alkyl carbamates (subject to hydrolysis) is 1. The van der Waals surface area contributed by atoms with Gasteiger partial charge in [-0.05, 0) is 19.4 Å².